The minimum absolute atomic E-state index is 0.152. The van der Waals surface area contributed by atoms with Gasteiger partial charge in [-0.15, -0.1) is 0 Å². The number of halogens is 1. The van der Waals surface area contributed by atoms with Crippen LogP contribution in [0.5, 0.6) is 0 Å². The fraction of sp³-hybridized carbons (Fsp3) is 0.467. The van der Waals surface area contributed by atoms with Crippen molar-refractivity contribution >= 4 is 12.0 Å². The van der Waals surface area contributed by atoms with Crippen LogP contribution in [0.15, 0.2) is 24.3 Å². The number of carbonyl (C=O) groups excluding carboxylic acids is 1. The average Bonchev–Trinajstić information content (AvgIpc) is 2.46. The molecular formula is C15H19FN2O3. The molecule has 1 saturated carbocycles. The van der Waals surface area contributed by atoms with Gasteiger partial charge in [-0.25, -0.2) is 14.0 Å². The predicted octanol–water partition coefficient (Wildman–Crippen LogP) is 2.41. The zero-order valence-electron chi connectivity index (χ0n) is 11.7. The molecule has 0 heterocycles. The number of carboxylic acids is 1. The Balaban J connectivity index is 1.92. The Hall–Kier alpha value is -2.11. The van der Waals surface area contributed by atoms with E-state index in [-0.39, 0.29) is 12.4 Å². The number of nitrogens with one attached hydrogen (secondary N) is 2. The number of benzene rings is 1. The maximum Gasteiger partial charge on any atom is 0.329 e. The molecule has 0 radical (unpaired) electrons. The third-order valence-electron chi connectivity index (χ3n) is 3.81. The van der Waals surface area contributed by atoms with Gasteiger partial charge in [-0.05, 0) is 30.5 Å². The summed E-state index contributed by atoms with van der Waals surface area (Å²) in [6.45, 7) is 0.152. The number of urea groups is 1. The number of amides is 2. The predicted molar refractivity (Wildman–Crippen MR) is 75.2 cm³/mol. The second-order valence-corrected chi connectivity index (χ2v) is 5.39. The van der Waals surface area contributed by atoms with E-state index in [1.807, 2.05) is 0 Å². The summed E-state index contributed by atoms with van der Waals surface area (Å²) in [4.78, 5) is 23.3. The Morgan fingerprint density at radius 2 is 1.95 bits per heavy atom. The normalized spacial score (nSPS) is 17.0. The fourth-order valence-electron chi connectivity index (χ4n) is 2.64. The van der Waals surface area contributed by atoms with Crippen molar-refractivity contribution in [2.45, 2.75) is 44.2 Å². The molecule has 0 bridgehead atoms. The van der Waals surface area contributed by atoms with Gasteiger partial charge < -0.3 is 15.7 Å². The van der Waals surface area contributed by atoms with E-state index in [4.69, 9.17) is 0 Å². The first-order chi connectivity index (χ1) is 10.0. The summed E-state index contributed by atoms with van der Waals surface area (Å²) in [7, 11) is 0. The van der Waals surface area contributed by atoms with Gasteiger partial charge in [0.2, 0.25) is 0 Å². The highest BCUT2D eigenvalue weighted by Crippen LogP contribution is 2.28. The first kappa shape index (κ1) is 15.3. The minimum atomic E-state index is -1.18. The van der Waals surface area contributed by atoms with Crippen LogP contribution in [0.4, 0.5) is 9.18 Å². The van der Waals surface area contributed by atoms with Crippen LogP contribution in [0.2, 0.25) is 0 Å². The lowest BCUT2D eigenvalue weighted by Gasteiger charge is -2.33. The van der Waals surface area contributed by atoms with E-state index in [9.17, 15) is 19.1 Å². The Morgan fingerprint density at radius 3 is 2.57 bits per heavy atom. The maximum atomic E-state index is 13.0. The molecule has 1 aromatic rings. The van der Waals surface area contributed by atoms with Gasteiger partial charge in [0.05, 0.1) is 0 Å². The molecule has 5 nitrogen and oxygen atoms in total. The van der Waals surface area contributed by atoms with Crippen molar-refractivity contribution in [1.29, 1.82) is 0 Å². The third kappa shape index (κ3) is 3.93. The van der Waals surface area contributed by atoms with E-state index in [1.165, 1.54) is 12.1 Å². The van der Waals surface area contributed by atoms with Crippen molar-refractivity contribution in [3.05, 3.63) is 35.6 Å². The molecule has 2 amide bonds. The van der Waals surface area contributed by atoms with E-state index in [0.717, 1.165) is 19.3 Å². The molecule has 0 aliphatic heterocycles. The molecular weight excluding hydrogens is 275 g/mol. The molecule has 1 aromatic carbocycles. The van der Waals surface area contributed by atoms with Crippen LogP contribution in [0.25, 0.3) is 0 Å². The summed E-state index contributed by atoms with van der Waals surface area (Å²) >= 11 is 0. The van der Waals surface area contributed by atoms with Gasteiger partial charge in [-0.2, -0.15) is 0 Å². The Bertz CT molecular complexity index is 527. The SMILES string of the molecule is O=C(NCc1cccc(F)c1)NC1(C(=O)O)CCCCC1. The molecule has 2 rings (SSSR count). The van der Waals surface area contributed by atoms with E-state index < -0.39 is 17.5 Å². The molecule has 0 saturated heterocycles. The van der Waals surface area contributed by atoms with E-state index in [1.54, 1.807) is 12.1 Å². The number of hydrogen-bond donors (Lipinski definition) is 3. The van der Waals surface area contributed by atoms with Crippen LogP contribution in [-0.2, 0) is 11.3 Å². The zero-order valence-corrected chi connectivity index (χ0v) is 11.7. The fourth-order valence-corrected chi connectivity index (χ4v) is 2.64. The van der Waals surface area contributed by atoms with Gasteiger partial charge in [0.25, 0.3) is 0 Å². The lowest BCUT2D eigenvalue weighted by Crippen LogP contribution is -2.57. The Labute approximate surface area is 122 Å². The zero-order chi connectivity index (χ0) is 15.3. The quantitative estimate of drug-likeness (QED) is 0.798. The number of carbonyl (C=O) groups is 2. The monoisotopic (exact) mass is 294 g/mol. The van der Waals surface area contributed by atoms with Crippen molar-refractivity contribution < 1.29 is 19.1 Å². The first-order valence-electron chi connectivity index (χ1n) is 7.06. The molecule has 1 aliphatic carbocycles. The van der Waals surface area contributed by atoms with Crippen molar-refractivity contribution in [2.24, 2.45) is 0 Å². The van der Waals surface area contributed by atoms with Crippen LogP contribution in [0.3, 0.4) is 0 Å². The number of carboxylic acid groups (broad SMARTS) is 1. The number of hydrogen-bond acceptors (Lipinski definition) is 2. The summed E-state index contributed by atoms with van der Waals surface area (Å²) < 4.78 is 13.0. The second-order valence-electron chi connectivity index (χ2n) is 5.39. The molecule has 0 aromatic heterocycles. The highest BCUT2D eigenvalue weighted by atomic mass is 19.1. The second kappa shape index (κ2) is 6.56. The van der Waals surface area contributed by atoms with Crippen LogP contribution in [0, 0.1) is 5.82 Å². The van der Waals surface area contributed by atoms with E-state index in [0.29, 0.717) is 18.4 Å². The van der Waals surface area contributed by atoms with E-state index >= 15 is 0 Å². The lowest BCUT2D eigenvalue weighted by molar-refractivity contribution is -0.145. The van der Waals surface area contributed by atoms with Gasteiger partial charge in [0.1, 0.15) is 11.4 Å². The topological polar surface area (TPSA) is 78.4 Å². The van der Waals surface area contributed by atoms with Crippen molar-refractivity contribution in [3.8, 4) is 0 Å². The first-order valence-corrected chi connectivity index (χ1v) is 7.06. The van der Waals surface area contributed by atoms with Crippen LogP contribution >= 0.6 is 0 Å². The highest BCUT2D eigenvalue weighted by Gasteiger charge is 2.40. The summed E-state index contributed by atoms with van der Waals surface area (Å²) in [6.07, 6.45) is 3.44. The molecule has 21 heavy (non-hydrogen) atoms. The molecule has 1 fully saturated rings. The molecule has 6 heteroatoms. The largest absolute Gasteiger partial charge is 0.480 e. The van der Waals surface area contributed by atoms with Crippen LogP contribution in [0.1, 0.15) is 37.7 Å². The smallest absolute Gasteiger partial charge is 0.329 e. The molecule has 1 aliphatic rings. The highest BCUT2D eigenvalue weighted by molar-refractivity contribution is 5.86. The third-order valence-corrected chi connectivity index (χ3v) is 3.81. The number of rotatable bonds is 4. The Morgan fingerprint density at radius 1 is 1.24 bits per heavy atom. The van der Waals surface area contributed by atoms with Crippen LogP contribution in [-0.4, -0.2) is 22.6 Å². The average molecular weight is 294 g/mol. The summed E-state index contributed by atoms with van der Waals surface area (Å²) in [5.41, 5.74) is -0.553. The van der Waals surface area contributed by atoms with Crippen LogP contribution < -0.4 is 10.6 Å². The molecule has 114 valence electrons. The van der Waals surface area contributed by atoms with E-state index in [2.05, 4.69) is 10.6 Å². The van der Waals surface area contributed by atoms with Gasteiger partial charge in [-0.3, -0.25) is 0 Å². The lowest BCUT2D eigenvalue weighted by atomic mass is 9.82. The van der Waals surface area contributed by atoms with Gasteiger partial charge in [-0.1, -0.05) is 31.4 Å². The summed E-state index contributed by atoms with van der Waals surface area (Å²) in [5.74, 6) is -1.37. The molecule has 3 N–H and O–H groups in total. The molecule has 0 atom stereocenters. The minimum Gasteiger partial charge on any atom is -0.480 e. The number of aliphatic carboxylic acids is 1. The van der Waals surface area contributed by atoms with Gasteiger partial charge in [0.15, 0.2) is 0 Å². The summed E-state index contributed by atoms with van der Waals surface area (Å²) in [6, 6.07) is 5.36. The van der Waals surface area contributed by atoms with Gasteiger partial charge >= 0.3 is 12.0 Å². The summed E-state index contributed by atoms with van der Waals surface area (Å²) in [5, 5.41) is 14.5. The Kier molecular flexibility index (Phi) is 4.77. The maximum absolute atomic E-state index is 13.0. The molecule has 0 unspecified atom stereocenters. The standard InChI is InChI=1S/C15H19FN2O3/c16-12-6-4-5-11(9-12)10-17-14(21)18-15(13(19)20)7-2-1-3-8-15/h4-6,9H,1-3,7-8,10H2,(H,19,20)(H2,17,18,21). The van der Waals surface area contributed by atoms with Crippen molar-refractivity contribution in [1.82, 2.24) is 10.6 Å². The van der Waals surface area contributed by atoms with Crippen molar-refractivity contribution in [3.63, 3.8) is 0 Å². The van der Waals surface area contributed by atoms with Crippen molar-refractivity contribution in [2.75, 3.05) is 0 Å². The molecule has 0 spiro atoms. The van der Waals surface area contributed by atoms with Gasteiger partial charge in [0, 0.05) is 6.54 Å².